The van der Waals surface area contributed by atoms with Gasteiger partial charge in [-0.1, -0.05) is 17.7 Å². The Morgan fingerprint density at radius 2 is 2.06 bits per heavy atom. The highest BCUT2D eigenvalue weighted by Crippen LogP contribution is 2.24. The second-order valence-electron chi connectivity index (χ2n) is 4.34. The lowest BCUT2D eigenvalue weighted by atomic mass is 10.2. The van der Waals surface area contributed by atoms with Crippen molar-refractivity contribution in [3.63, 3.8) is 0 Å². The molecule has 17 heavy (non-hydrogen) atoms. The maximum Gasteiger partial charge on any atom is 0.138 e. The number of ether oxygens (including phenoxy) is 1. The number of halogens is 1. The van der Waals surface area contributed by atoms with Crippen LogP contribution in [0.1, 0.15) is 5.56 Å². The van der Waals surface area contributed by atoms with Crippen LogP contribution in [0.4, 0.5) is 0 Å². The first kappa shape index (κ1) is 14.3. The molecule has 0 heterocycles. The summed E-state index contributed by atoms with van der Waals surface area (Å²) in [6.07, 6.45) is 0. The SMILES string of the molecule is Cc1ccc(Cl)c(OCCNCCN(C)C)c1. The molecule has 1 aromatic rings. The summed E-state index contributed by atoms with van der Waals surface area (Å²) in [6, 6.07) is 5.80. The first-order chi connectivity index (χ1) is 8.09. The third-order valence-electron chi connectivity index (χ3n) is 2.36. The van der Waals surface area contributed by atoms with Crippen LogP contribution in [-0.4, -0.2) is 45.2 Å². The minimum absolute atomic E-state index is 0.636. The Morgan fingerprint density at radius 3 is 2.76 bits per heavy atom. The van der Waals surface area contributed by atoms with Gasteiger partial charge in [-0.05, 0) is 38.7 Å². The summed E-state index contributed by atoms with van der Waals surface area (Å²) >= 11 is 6.03. The van der Waals surface area contributed by atoms with Crippen molar-refractivity contribution in [1.29, 1.82) is 0 Å². The molecule has 4 heteroatoms. The number of rotatable bonds is 7. The molecule has 1 aromatic carbocycles. The highest BCUT2D eigenvalue weighted by atomic mass is 35.5. The third kappa shape index (κ3) is 5.91. The van der Waals surface area contributed by atoms with E-state index in [-0.39, 0.29) is 0 Å². The van der Waals surface area contributed by atoms with Crippen LogP contribution in [0, 0.1) is 6.92 Å². The molecule has 0 unspecified atom stereocenters. The standard InChI is InChI=1S/C13H21ClN2O/c1-11-4-5-12(14)13(10-11)17-9-7-15-6-8-16(2)3/h4-5,10,15H,6-9H2,1-3H3. The van der Waals surface area contributed by atoms with E-state index in [9.17, 15) is 0 Å². The normalized spacial score (nSPS) is 10.9. The Bertz CT molecular complexity index is 342. The van der Waals surface area contributed by atoms with Gasteiger partial charge in [0.15, 0.2) is 0 Å². The zero-order chi connectivity index (χ0) is 12.7. The van der Waals surface area contributed by atoms with Gasteiger partial charge in [-0.3, -0.25) is 0 Å². The molecule has 0 aliphatic heterocycles. The van der Waals surface area contributed by atoms with E-state index in [1.165, 1.54) is 0 Å². The fraction of sp³-hybridized carbons (Fsp3) is 0.538. The minimum atomic E-state index is 0.636. The number of aryl methyl sites for hydroxylation is 1. The largest absolute Gasteiger partial charge is 0.491 e. The number of hydrogen-bond donors (Lipinski definition) is 1. The third-order valence-corrected chi connectivity index (χ3v) is 2.67. The van der Waals surface area contributed by atoms with Gasteiger partial charge in [0.25, 0.3) is 0 Å². The predicted octanol–water partition coefficient (Wildman–Crippen LogP) is 2.18. The molecule has 0 aliphatic rings. The molecule has 0 bridgehead atoms. The highest BCUT2D eigenvalue weighted by molar-refractivity contribution is 6.32. The van der Waals surface area contributed by atoms with Gasteiger partial charge in [0, 0.05) is 19.6 Å². The summed E-state index contributed by atoms with van der Waals surface area (Å²) in [7, 11) is 4.12. The van der Waals surface area contributed by atoms with Crippen molar-refractivity contribution in [3.8, 4) is 5.75 Å². The lowest BCUT2D eigenvalue weighted by molar-refractivity contribution is 0.308. The molecular formula is C13H21ClN2O. The van der Waals surface area contributed by atoms with Crippen LogP contribution in [0.3, 0.4) is 0 Å². The molecule has 0 saturated carbocycles. The van der Waals surface area contributed by atoms with Crippen LogP contribution >= 0.6 is 11.6 Å². The lowest BCUT2D eigenvalue weighted by Gasteiger charge is -2.11. The molecule has 0 fully saturated rings. The van der Waals surface area contributed by atoms with E-state index in [0.29, 0.717) is 11.6 Å². The molecule has 0 saturated heterocycles. The first-order valence-electron chi connectivity index (χ1n) is 5.84. The summed E-state index contributed by atoms with van der Waals surface area (Å²) in [5, 5.41) is 3.98. The molecule has 3 nitrogen and oxygen atoms in total. The molecule has 0 amide bonds. The number of nitrogens with zero attached hydrogens (tertiary/aromatic N) is 1. The van der Waals surface area contributed by atoms with Gasteiger partial charge in [-0.2, -0.15) is 0 Å². The van der Waals surface area contributed by atoms with Crippen molar-refractivity contribution in [3.05, 3.63) is 28.8 Å². The molecular weight excluding hydrogens is 236 g/mol. The molecule has 0 radical (unpaired) electrons. The van der Waals surface area contributed by atoms with Crippen LogP contribution in [0.5, 0.6) is 5.75 Å². The highest BCUT2D eigenvalue weighted by Gasteiger charge is 2.00. The van der Waals surface area contributed by atoms with Gasteiger partial charge in [0.1, 0.15) is 12.4 Å². The minimum Gasteiger partial charge on any atom is -0.491 e. The zero-order valence-corrected chi connectivity index (χ0v) is 11.5. The molecule has 0 atom stereocenters. The average molecular weight is 257 g/mol. The Hall–Kier alpha value is -0.770. The van der Waals surface area contributed by atoms with E-state index < -0.39 is 0 Å². The first-order valence-corrected chi connectivity index (χ1v) is 6.22. The molecule has 0 aliphatic carbocycles. The van der Waals surface area contributed by atoms with Crippen molar-refractivity contribution in [2.45, 2.75) is 6.92 Å². The van der Waals surface area contributed by atoms with Crippen molar-refractivity contribution in [2.75, 3.05) is 40.3 Å². The van der Waals surface area contributed by atoms with Crippen molar-refractivity contribution < 1.29 is 4.74 Å². The zero-order valence-electron chi connectivity index (χ0n) is 10.8. The number of likely N-dealkylation sites (N-methyl/N-ethyl adjacent to an activating group) is 1. The van der Waals surface area contributed by atoms with E-state index in [0.717, 1.165) is 30.9 Å². The van der Waals surface area contributed by atoms with Gasteiger partial charge in [-0.25, -0.2) is 0 Å². The maximum atomic E-state index is 6.03. The van der Waals surface area contributed by atoms with Crippen molar-refractivity contribution >= 4 is 11.6 Å². The number of hydrogen-bond acceptors (Lipinski definition) is 3. The summed E-state index contributed by atoms with van der Waals surface area (Å²) in [5.41, 5.74) is 1.16. The Kier molecular flexibility index (Phi) is 6.34. The van der Waals surface area contributed by atoms with Gasteiger partial charge in [0.05, 0.1) is 5.02 Å². The summed E-state index contributed by atoms with van der Waals surface area (Å²) < 4.78 is 5.62. The van der Waals surface area contributed by atoms with Crippen LogP contribution in [0.2, 0.25) is 5.02 Å². The van der Waals surface area contributed by atoms with Crippen LogP contribution in [-0.2, 0) is 0 Å². The van der Waals surface area contributed by atoms with Crippen LogP contribution in [0.15, 0.2) is 18.2 Å². The van der Waals surface area contributed by atoms with Crippen LogP contribution < -0.4 is 10.1 Å². The van der Waals surface area contributed by atoms with Gasteiger partial charge >= 0.3 is 0 Å². The topological polar surface area (TPSA) is 24.5 Å². The Labute approximate surface area is 109 Å². The van der Waals surface area contributed by atoms with E-state index in [1.807, 2.05) is 25.1 Å². The van der Waals surface area contributed by atoms with Gasteiger partial charge < -0.3 is 15.0 Å². The molecule has 0 aromatic heterocycles. The van der Waals surface area contributed by atoms with Crippen molar-refractivity contribution in [2.24, 2.45) is 0 Å². The predicted molar refractivity (Wildman–Crippen MR) is 73.1 cm³/mol. The number of benzene rings is 1. The van der Waals surface area contributed by atoms with E-state index in [4.69, 9.17) is 16.3 Å². The number of nitrogens with one attached hydrogen (secondary N) is 1. The Balaban J connectivity index is 2.20. The summed E-state index contributed by atoms with van der Waals surface area (Å²) in [5.74, 6) is 0.765. The maximum absolute atomic E-state index is 6.03. The van der Waals surface area contributed by atoms with E-state index in [2.05, 4.69) is 24.3 Å². The smallest absolute Gasteiger partial charge is 0.138 e. The molecule has 1 rings (SSSR count). The molecule has 96 valence electrons. The van der Waals surface area contributed by atoms with E-state index in [1.54, 1.807) is 0 Å². The average Bonchev–Trinajstić information content (AvgIpc) is 2.27. The quantitative estimate of drug-likeness (QED) is 0.757. The van der Waals surface area contributed by atoms with E-state index >= 15 is 0 Å². The Morgan fingerprint density at radius 1 is 1.29 bits per heavy atom. The van der Waals surface area contributed by atoms with Gasteiger partial charge in [-0.15, -0.1) is 0 Å². The second kappa shape index (κ2) is 7.54. The fourth-order valence-corrected chi connectivity index (χ4v) is 1.55. The molecule has 1 N–H and O–H groups in total. The summed E-state index contributed by atoms with van der Waals surface area (Å²) in [4.78, 5) is 2.14. The lowest BCUT2D eigenvalue weighted by Crippen LogP contribution is -2.29. The van der Waals surface area contributed by atoms with Crippen molar-refractivity contribution in [1.82, 2.24) is 10.2 Å². The molecule has 0 spiro atoms. The second-order valence-corrected chi connectivity index (χ2v) is 4.74. The monoisotopic (exact) mass is 256 g/mol. The van der Waals surface area contributed by atoms with Gasteiger partial charge in [0.2, 0.25) is 0 Å². The fourth-order valence-electron chi connectivity index (χ4n) is 1.38. The summed E-state index contributed by atoms with van der Waals surface area (Å²) in [6.45, 7) is 5.50. The van der Waals surface area contributed by atoms with Crippen LogP contribution in [0.25, 0.3) is 0 Å².